The fraction of sp³-hybridized carbons (Fsp3) is 0.0870. The molecule has 0 aliphatic rings. The quantitative estimate of drug-likeness (QED) is 0.376. The molecule has 1 aromatic heterocycles. The minimum Gasteiger partial charge on any atom is -0.337 e. The van der Waals surface area contributed by atoms with Crippen LogP contribution in [-0.4, -0.2) is 18.9 Å². The number of nitrogens with one attached hydrogen (secondary N) is 1. The largest absolute Gasteiger partial charge is 0.337 e. The van der Waals surface area contributed by atoms with Gasteiger partial charge in [0, 0.05) is 27.7 Å². The number of carbonyl (C=O) groups is 1. The predicted octanol–water partition coefficient (Wildman–Crippen LogP) is 5.70. The molecule has 0 spiro atoms. The molecule has 164 valence electrons. The maximum Gasteiger partial charge on any atom is 0.244 e. The Labute approximate surface area is 194 Å². The molecule has 0 saturated carbocycles. The zero-order valence-electron chi connectivity index (χ0n) is 16.6. The van der Waals surface area contributed by atoms with Gasteiger partial charge in [-0.05, 0) is 30.3 Å². The summed E-state index contributed by atoms with van der Waals surface area (Å²) >= 11 is 12.1. The average Bonchev–Trinajstić information content (AvgIpc) is 3.12. The molecule has 0 saturated heterocycles. The summed E-state index contributed by atoms with van der Waals surface area (Å²) in [6.07, 6.45) is 1.39. The zero-order chi connectivity index (χ0) is 22.9. The normalized spacial score (nSPS) is 11.6. The van der Waals surface area contributed by atoms with Crippen LogP contribution in [0.2, 0.25) is 10.0 Å². The standard InChI is InChI=1S/C23H17Cl2FN2O3S/c24-17-8-5-9-19(26)16(17)14-32(30,31)22-12-28(21-11-4-1-6-15(21)22)13-23(29)27-20-10-3-2-7-18(20)25/h1-12H,13-14H2,(H,27,29). The first-order chi connectivity index (χ1) is 15.3. The van der Waals surface area contributed by atoms with Gasteiger partial charge < -0.3 is 9.88 Å². The van der Waals surface area contributed by atoms with Crippen LogP contribution in [0.1, 0.15) is 5.56 Å². The van der Waals surface area contributed by atoms with E-state index in [0.29, 0.717) is 21.6 Å². The van der Waals surface area contributed by atoms with Crippen LogP contribution < -0.4 is 5.32 Å². The monoisotopic (exact) mass is 490 g/mol. The van der Waals surface area contributed by atoms with Gasteiger partial charge in [-0.1, -0.05) is 59.6 Å². The van der Waals surface area contributed by atoms with Gasteiger partial charge in [-0.25, -0.2) is 12.8 Å². The maximum absolute atomic E-state index is 14.2. The van der Waals surface area contributed by atoms with E-state index in [1.54, 1.807) is 48.5 Å². The number of para-hydroxylation sites is 2. The van der Waals surface area contributed by atoms with Gasteiger partial charge in [-0.15, -0.1) is 0 Å². The molecule has 1 heterocycles. The summed E-state index contributed by atoms with van der Waals surface area (Å²) in [6, 6.07) is 17.6. The lowest BCUT2D eigenvalue weighted by Gasteiger charge is -2.08. The van der Waals surface area contributed by atoms with E-state index in [4.69, 9.17) is 23.2 Å². The van der Waals surface area contributed by atoms with Crippen LogP contribution in [0.4, 0.5) is 10.1 Å². The smallest absolute Gasteiger partial charge is 0.244 e. The number of halogens is 3. The van der Waals surface area contributed by atoms with E-state index in [0.717, 1.165) is 0 Å². The molecule has 0 radical (unpaired) electrons. The van der Waals surface area contributed by atoms with Crippen molar-refractivity contribution in [3.05, 3.63) is 94.4 Å². The Hall–Kier alpha value is -2.87. The van der Waals surface area contributed by atoms with E-state index in [9.17, 15) is 17.6 Å². The highest BCUT2D eigenvalue weighted by atomic mass is 35.5. The van der Waals surface area contributed by atoms with Crippen molar-refractivity contribution in [3.8, 4) is 0 Å². The van der Waals surface area contributed by atoms with E-state index in [-0.39, 0.29) is 27.9 Å². The Morgan fingerprint density at radius 2 is 1.62 bits per heavy atom. The number of fused-ring (bicyclic) bond motifs is 1. The van der Waals surface area contributed by atoms with Crippen LogP contribution in [0.5, 0.6) is 0 Å². The third kappa shape index (κ3) is 4.50. The van der Waals surface area contributed by atoms with Crippen LogP contribution >= 0.6 is 23.2 Å². The van der Waals surface area contributed by atoms with Crippen LogP contribution in [0.3, 0.4) is 0 Å². The van der Waals surface area contributed by atoms with Gasteiger partial charge in [0.1, 0.15) is 12.4 Å². The molecular weight excluding hydrogens is 474 g/mol. The molecule has 1 amide bonds. The number of nitrogens with zero attached hydrogens (tertiary/aromatic N) is 1. The minimum absolute atomic E-state index is 0.00189. The number of rotatable bonds is 6. The summed E-state index contributed by atoms with van der Waals surface area (Å²) in [5, 5.41) is 3.58. The maximum atomic E-state index is 14.2. The number of hydrogen-bond donors (Lipinski definition) is 1. The van der Waals surface area contributed by atoms with Crippen LogP contribution in [0, 0.1) is 5.82 Å². The molecule has 0 fully saturated rings. The summed E-state index contributed by atoms with van der Waals surface area (Å²) in [5.41, 5.74) is 0.917. The number of carbonyl (C=O) groups excluding carboxylic acids is 1. The Balaban J connectivity index is 1.68. The van der Waals surface area contributed by atoms with E-state index in [1.165, 1.54) is 29.0 Å². The third-order valence-corrected chi connectivity index (χ3v) is 7.29. The molecule has 0 aliphatic carbocycles. The fourth-order valence-corrected chi connectivity index (χ4v) is 5.55. The lowest BCUT2D eigenvalue weighted by atomic mass is 10.2. The highest BCUT2D eigenvalue weighted by Crippen LogP contribution is 2.30. The second-order valence-corrected chi connectivity index (χ2v) is 9.90. The topological polar surface area (TPSA) is 68.2 Å². The summed E-state index contributed by atoms with van der Waals surface area (Å²) in [4.78, 5) is 12.6. The molecule has 0 bridgehead atoms. The van der Waals surface area contributed by atoms with Gasteiger partial charge in [0.2, 0.25) is 5.91 Å². The number of sulfone groups is 1. The fourth-order valence-electron chi connectivity index (χ4n) is 3.44. The van der Waals surface area contributed by atoms with Crippen molar-refractivity contribution < 1.29 is 17.6 Å². The Bertz CT molecular complexity index is 1410. The van der Waals surface area contributed by atoms with Gasteiger partial charge >= 0.3 is 0 Å². The van der Waals surface area contributed by atoms with Crippen molar-refractivity contribution >= 4 is 55.5 Å². The molecule has 9 heteroatoms. The summed E-state index contributed by atoms with van der Waals surface area (Å²) in [5.74, 6) is -1.66. The number of anilines is 1. The SMILES string of the molecule is O=C(Cn1cc(S(=O)(=O)Cc2c(F)cccc2Cl)c2ccccc21)Nc1ccccc1Cl. The average molecular weight is 491 g/mol. The number of amides is 1. The molecule has 3 aromatic carbocycles. The van der Waals surface area contributed by atoms with E-state index in [1.807, 2.05) is 0 Å². The van der Waals surface area contributed by atoms with E-state index in [2.05, 4.69) is 5.32 Å². The van der Waals surface area contributed by atoms with Gasteiger partial charge in [0.05, 0.1) is 21.4 Å². The summed E-state index contributed by atoms with van der Waals surface area (Å²) in [6.45, 7) is -0.137. The molecule has 0 unspecified atom stereocenters. The van der Waals surface area contributed by atoms with E-state index < -0.39 is 21.4 Å². The van der Waals surface area contributed by atoms with Crippen LogP contribution in [-0.2, 0) is 26.9 Å². The molecule has 0 atom stereocenters. The van der Waals surface area contributed by atoms with Gasteiger partial charge in [-0.2, -0.15) is 0 Å². The lowest BCUT2D eigenvalue weighted by molar-refractivity contribution is -0.116. The highest BCUT2D eigenvalue weighted by Gasteiger charge is 2.25. The van der Waals surface area contributed by atoms with Gasteiger partial charge in [-0.3, -0.25) is 4.79 Å². The van der Waals surface area contributed by atoms with Crippen LogP contribution in [0.25, 0.3) is 10.9 Å². The number of aromatic nitrogens is 1. The predicted molar refractivity (Wildman–Crippen MR) is 124 cm³/mol. The highest BCUT2D eigenvalue weighted by molar-refractivity contribution is 7.90. The van der Waals surface area contributed by atoms with Crippen LogP contribution in [0.15, 0.2) is 77.8 Å². The van der Waals surface area contributed by atoms with Crippen molar-refractivity contribution in [2.75, 3.05) is 5.32 Å². The molecule has 4 rings (SSSR count). The Kier molecular flexibility index (Phi) is 6.24. The van der Waals surface area contributed by atoms with Gasteiger partial charge in [0.15, 0.2) is 9.84 Å². The van der Waals surface area contributed by atoms with Gasteiger partial charge in [0.25, 0.3) is 0 Å². The Morgan fingerprint density at radius 1 is 0.938 bits per heavy atom. The van der Waals surface area contributed by atoms with E-state index >= 15 is 0 Å². The summed E-state index contributed by atoms with van der Waals surface area (Å²) < 4.78 is 42.1. The number of hydrogen-bond acceptors (Lipinski definition) is 3. The first-order valence-electron chi connectivity index (χ1n) is 9.54. The first kappa shape index (κ1) is 22.3. The molecule has 0 aliphatic heterocycles. The number of benzene rings is 3. The molecule has 1 N–H and O–H groups in total. The second-order valence-electron chi connectivity index (χ2n) is 7.13. The molecular formula is C23H17Cl2FN2O3S. The molecule has 5 nitrogen and oxygen atoms in total. The zero-order valence-corrected chi connectivity index (χ0v) is 18.9. The Morgan fingerprint density at radius 3 is 2.38 bits per heavy atom. The molecule has 4 aromatic rings. The van der Waals surface area contributed by atoms with Crippen molar-refractivity contribution in [3.63, 3.8) is 0 Å². The first-order valence-corrected chi connectivity index (χ1v) is 11.9. The van der Waals surface area contributed by atoms with Crippen molar-refractivity contribution in [1.29, 1.82) is 0 Å². The molecule has 32 heavy (non-hydrogen) atoms. The lowest BCUT2D eigenvalue weighted by Crippen LogP contribution is -2.18. The summed E-state index contributed by atoms with van der Waals surface area (Å²) in [7, 11) is -3.96. The third-order valence-electron chi connectivity index (χ3n) is 4.95. The second kappa shape index (κ2) is 8.94. The minimum atomic E-state index is -3.96. The van der Waals surface area contributed by atoms with Crippen molar-refractivity contribution in [1.82, 2.24) is 4.57 Å². The van der Waals surface area contributed by atoms with Crippen molar-refractivity contribution in [2.24, 2.45) is 0 Å². The van der Waals surface area contributed by atoms with Crippen molar-refractivity contribution in [2.45, 2.75) is 17.2 Å².